The molecule has 1 saturated heterocycles. The standard InChI is InChI=1S/C26H44N2O2/c1-19(2)25-12-11-20(3)13-26(25)29-18-24(27-14-23-9-7-6-8-10-23)17-28-15-21(4)30-22(5)16-28/h6-10,19-22,24-27H,11-18H2,1-5H3. The van der Waals surface area contributed by atoms with Gasteiger partial charge in [0.2, 0.25) is 0 Å². The maximum atomic E-state index is 6.65. The van der Waals surface area contributed by atoms with Gasteiger partial charge in [-0.25, -0.2) is 0 Å². The van der Waals surface area contributed by atoms with Crippen LogP contribution in [0, 0.1) is 17.8 Å². The number of nitrogens with zero attached hydrogens (tertiary/aromatic N) is 1. The van der Waals surface area contributed by atoms with Crippen molar-refractivity contribution in [2.24, 2.45) is 17.8 Å². The predicted octanol–water partition coefficient (Wildman–Crippen LogP) is 4.73. The molecule has 3 rings (SSSR count). The van der Waals surface area contributed by atoms with Crippen molar-refractivity contribution in [3.05, 3.63) is 35.9 Å². The van der Waals surface area contributed by atoms with Gasteiger partial charge in [-0.2, -0.15) is 0 Å². The van der Waals surface area contributed by atoms with Crippen LogP contribution < -0.4 is 5.32 Å². The van der Waals surface area contributed by atoms with E-state index in [2.05, 4.69) is 75.2 Å². The van der Waals surface area contributed by atoms with Crippen LogP contribution in [-0.2, 0) is 16.0 Å². The second kappa shape index (κ2) is 11.6. The van der Waals surface area contributed by atoms with Gasteiger partial charge in [0, 0.05) is 32.2 Å². The minimum absolute atomic E-state index is 0.300. The van der Waals surface area contributed by atoms with Crippen LogP contribution in [-0.4, -0.2) is 55.5 Å². The van der Waals surface area contributed by atoms with Crippen LogP contribution in [0.25, 0.3) is 0 Å². The van der Waals surface area contributed by atoms with Crippen LogP contribution in [0.15, 0.2) is 30.3 Å². The van der Waals surface area contributed by atoms with Gasteiger partial charge in [0.05, 0.1) is 24.9 Å². The highest BCUT2D eigenvalue weighted by molar-refractivity contribution is 5.14. The molecule has 4 nitrogen and oxygen atoms in total. The van der Waals surface area contributed by atoms with Crippen molar-refractivity contribution in [3.8, 4) is 0 Å². The van der Waals surface area contributed by atoms with Crippen LogP contribution in [0.4, 0.5) is 0 Å². The molecule has 0 aromatic heterocycles. The van der Waals surface area contributed by atoms with E-state index < -0.39 is 0 Å². The van der Waals surface area contributed by atoms with E-state index in [0.717, 1.165) is 38.7 Å². The van der Waals surface area contributed by atoms with Gasteiger partial charge < -0.3 is 14.8 Å². The van der Waals surface area contributed by atoms with E-state index in [4.69, 9.17) is 9.47 Å². The zero-order valence-electron chi connectivity index (χ0n) is 19.8. The van der Waals surface area contributed by atoms with Gasteiger partial charge in [0.25, 0.3) is 0 Å². The first kappa shape index (κ1) is 23.7. The molecule has 0 amide bonds. The first-order valence-corrected chi connectivity index (χ1v) is 12.2. The molecular weight excluding hydrogens is 372 g/mol. The van der Waals surface area contributed by atoms with Gasteiger partial charge in [0.15, 0.2) is 0 Å². The van der Waals surface area contributed by atoms with E-state index in [1.807, 2.05) is 0 Å². The Morgan fingerprint density at radius 2 is 1.77 bits per heavy atom. The lowest BCUT2D eigenvalue weighted by atomic mass is 9.75. The molecule has 0 radical (unpaired) electrons. The molecule has 30 heavy (non-hydrogen) atoms. The fraction of sp³-hybridized carbons (Fsp3) is 0.769. The molecule has 1 aromatic rings. The van der Waals surface area contributed by atoms with E-state index in [0.29, 0.717) is 36.2 Å². The number of hydrogen-bond donors (Lipinski definition) is 1. The molecule has 0 spiro atoms. The Hall–Kier alpha value is -0.940. The summed E-state index contributed by atoms with van der Waals surface area (Å²) in [5, 5.41) is 3.80. The highest BCUT2D eigenvalue weighted by Gasteiger charge is 2.32. The molecule has 1 heterocycles. The molecule has 1 N–H and O–H groups in total. The molecule has 4 heteroatoms. The number of ether oxygens (including phenoxy) is 2. The summed E-state index contributed by atoms with van der Waals surface area (Å²) in [7, 11) is 0. The summed E-state index contributed by atoms with van der Waals surface area (Å²) in [6.45, 7) is 16.2. The molecule has 6 unspecified atom stereocenters. The average molecular weight is 417 g/mol. The van der Waals surface area contributed by atoms with Gasteiger partial charge in [0.1, 0.15) is 0 Å². The van der Waals surface area contributed by atoms with E-state index in [1.54, 1.807) is 0 Å². The monoisotopic (exact) mass is 416 g/mol. The number of morpholine rings is 1. The summed E-state index contributed by atoms with van der Waals surface area (Å²) >= 11 is 0. The Labute approximate surface area is 184 Å². The summed E-state index contributed by atoms with van der Waals surface area (Å²) in [6, 6.07) is 11.0. The molecule has 1 aliphatic heterocycles. The summed E-state index contributed by atoms with van der Waals surface area (Å²) in [4.78, 5) is 2.55. The summed E-state index contributed by atoms with van der Waals surface area (Å²) in [5.41, 5.74) is 1.33. The SMILES string of the molecule is CC1CCC(C(C)C)C(OCC(CN2CC(C)OC(C)C2)NCc2ccccc2)C1. The van der Waals surface area contributed by atoms with E-state index in [1.165, 1.54) is 24.8 Å². The van der Waals surface area contributed by atoms with Crippen molar-refractivity contribution in [1.29, 1.82) is 0 Å². The number of rotatable bonds is 9. The Kier molecular flexibility index (Phi) is 9.18. The van der Waals surface area contributed by atoms with Gasteiger partial charge in [-0.15, -0.1) is 0 Å². The highest BCUT2D eigenvalue weighted by Crippen LogP contribution is 2.35. The zero-order valence-corrected chi connectivity index (χ0v) is 19.8. The zero-order chi connectivity index (χ0) is 21.5. The van der Waals surface area contributed by atoms with Crippen molar-refractivity contribution in [2.45, 2.75) is 84.8 Å². The van der Waals surface area contributed by atoms with E-state index in [9.17, 15) is 0 Å². The molecule has 1 aliphatic carbocycles. The predicted molar refractivity (Wildman–Crippen MR) is 125 cm³/mol. The van der Waals surface area contributed by atoms with Crippen molar-refractivity contribution in [1.82, 2.24) is 10.2 Å². The lowest BCUT2D eigenvalue weighted by molar-refractivity contribution is -0.0788. The Morgan fingerprint density at radius 3 is 2.43 bits per heavy atom. The van der Waals surface area contributed by atoms with Crippen molar-refractivity contribution in [2.75, 3.05) is 26.2 Å². The smallest absolute Gasteiger partial charge is 0.0678 e. The first-order chi connectivity index (χ1) is 14.4. The van der Waals surface area contributed by atoms with Crippen LogP contribution >= 0.6 is 0 Å². The molecule has 1 saturated carbocycles. The number of hydrogen-bond acceptors (Lipinski definition) is 4. The van der Waals surface area contributed by atoms with Gasteiger partial charge >= 0.3 is 0 Å². The first-order valence-electron chi connectivity index (χ1n) is 12.2. The van der Waals surface area contributed by atoms with Crippen LogP contribution in [0.5, 0.6) is 0 Å². The Balaban J connectivity index is 1.60. The number of benzene rings is 1. The van der Waals surface area contributed by atoms with Crippen molar-refractivity contribution >= 4 is 0 Å². The van der Waals surface area contributed by atoms with E-state index in [-0.39, 0.29) is 0 Å². The molecule has 170 valence electrons. The third-order valence-electron chi connectivity index (χ3n) is 6.88. The molecule has 2 fully saturated rings. The summed E-state index contributed by atoms with van der Waals surface area (Å²) in [5.74, 6) is 2.17. The molecule has 2 aliphatic rings. The largest absolute Gasteiger partial charge is 0.376 e. The minimum atomic E-state index is 0.300. The number of nitrogens with one attached hydrogen (secondary N) is 1. The third-order valence-corrected chi connectivity index (χ3v) is 6.88. The maximum Gasteiger partial charge on any atom is 0.0678 e. The second-order valence-electron chi connectivity index (χ2n) is 10.2. The second-order valence-corrected chi connectivity index (χ2v) is 10.2. The Bertz CT molecular complexity index is 598. The quantitative estimate of drug-likeness (QED) is 0.631. The Morgan fingerprint density at radius 1 is 1.07 bits per heavy atom. The molecule has 6 atom stereocenters. The third kappa shape index (κ3) is 7.33. The minimum Gasteiger partial charge on any atom is -0.376 e. The maximum absolute atomic E-state index is 6.65. The van der Waals surface area contributed by atoms with Crippen molar-refractivity contribution < 1.29 is 9.47 Å². The van der Waals surface area contributed by atoms with E-state index >= 15 is 0 Å². The van der Waals surface area contributed by atoms with Gasteiger partial charge in [-0.05, 0) is 50.0 Å². The fourth-order valence-electron chi connectivity index (χ4n) is 5.33. The molecular formula is C26H44N2O2. The lowest BCUT2D eigenvalue weighted by Gasteiger charge is -2.39. The topological polar surface area (TPSA) is 33.7 Å². The van der Waals surface area contributed by atoms with Gasteiger partial charge in [-0.1, -0.05) is 57.5 Å². The van der Waals surface area contributed by atoms with Crippen LogP contribution in [0.3, 0.4) is 0 Å². The average Bonchev–Trinajstić information content (AvgIpc) is 2.70. The normalized spacial score (nSPS) is 31.7. The summed E-state index contributed by atoms with van der Waals surface area (Å²) < 4.78 is 12.6. The lowest BCUT2D eigenvalue weighted by Crippen LogP contribution is -2.52. The highest BCUT2D eigenvalue weighted by atomic mass is 16.5. The summed E-state index contributed by atoms with van der Waals surface area (Å²) in [6.07, 6.45) is 4.87. The van der Waals surface area contributed by atoms with Crippen LogP contribution in [0.1, 0.15) is 59.4 Å². The van der Waals surface area contributed by atoms with Crippen molar-refractivity contribution in [3.63, 3.8) is 0 Å². The molecule has 1 aromatic carbocycles. The van der Waals surface area contributed by atoms with Crippen LogP contribution in [0.2, 0.25) is 0 Å². The molecule has 0 bridgehead atoms. The fourth-order valence-corrected chi connectivity index (χ4v) is 5.33. The van der Waals surface area contributed by atoms with Gasteiger partial charge in [-0.3, -0.25) is 4.90 Å².